The van der Waals surface area contributed by atoms with Crippen molar-refractivity contribution in [3.63, 3.8) is 0 Å². The van der Waals surface area contributed by atoms with Crippen molar-refractivity contribution in [1.29, 1.82) is 0 Å². The van der Waals surface area contributed by atoms with Crippen LogP contribution in [0.5, 0.6) is 5.75 Å². The first kappa shape index (κ1) is 22.7. The van der Waals surface area contributed by atoms with Gasteiger partial charge in [-0.1, -0.05) is 63.2 Å². The molecule has 6 heteroatoms. The number of carbonyl (C=O) groups is 1. The Morgan fingerprint density at radius 2 is 1.79 bits per heavy atom. The van der Waals surface area contributed by atoms with Gasteiger partial charge in [0.05, 0.1) is 19.8 Å². The summed E-state index contributed by atoms with van der Waals surface area (Å²) < 4.78 is 5.20. The van der Waals surface area contributed by atoms with Crippen LogP contribution in [0, 0.1) is 5.41 Å². The largest absolute Gasteiger partial charge is 0.497 e. The molecule has 0 aliphatic rings. The lowest BCUT2D eigenvalue weighted by molar-refractivity contribution is 0.0614. The van der Waals surface area contributed by atoms with Gasteiger partial charge in [-0.3, -0.25) is 0 Å². The molecule has 2 rings (SSSR count). The van der Waals surface area contributed by atoms with Crippen molar-refractivity contribution in [2.24, 2.45) is 11.1 Å². The highest BCUT2D eigenvalue weighted by Gasteiger charge is 2.36. The van der Waals surface area contributed by atoms with Crippen LogP contribution >= 0.6 is 0 Å². The Morgan fingerprint density at radius 3 is 2.34 bits per heavy atom. The van der Waals surface area contributed by atoms with Crippen LogP contribution in [0.1, 0.15) is 37.8 Å². The summed E-state index contributed by atoms with van der Waals surface area (Å²) in [6.07, 6.45) is -2.12. The number of hydrogen-bond donors (Lipinski definition) is 3. The second kappa shape index (κ2) is 9.76. The van der Waals surface area contributed by atoms with Crippen LogP contribution in [0.3, 0.4) is 0 Å². The van der Waals surface area contributed by atoms with Gasteiger partial charge in [-0.2, -0.15) is 0 Å². The summed E-state index contributed by atoms with van der Waals surface area (Å²) in [5.41, 5.74) is 8.08. The van der Waals surface area contributed by atoms with Crippen LogP contribution in [-0.2, 0) is 6.54 Å². The number of nitrogens with zero attached hydrogens (tertiary/aromatic N) is 1. The molecule has 0 saturated heterocycles. The molecule has 1 amide bonds. The van der Waals surface area contributed by atoms with Crippen molar-refractivity contribution < 1.29 is 19.7 Å². The Hall–Kier alpha value is -2.57. The van der Waals surface area contributed by atoms with E-state index in [1.165, 1.54) is 4.90 Å². The van der Waals surface area contributed by atoms with Crippen LogP contribution in [0.4, 0.5) is 4.79 Å². The SMILES string of the molecule is COc1cccc(CN(C[C@@H](O)[C@@H](N)C(c2ccccc2)C(C)(C)C)C(=O)O)c1. The Kier molecular flexibility index (Phi) is 7.65. The second-order valence-electron chi connectivity index (χ2n) is 8.41. The van der Waals surface area contributed by atoms with Crippen LogP contribution in [0.25, 0.3) is 0 Å². The van der Waals surface area contributed by atoms with Gasteiger partial charge in [0.25, 0.3) is 0 Å². The molecule has 29 heavy (non-hydrogen) atoms. The maximum atomic E-state index is 11.8. The minimum atomic E-state index is -1.11. The van der Waals surface area contributed by atoms with E-state index in [2.05, 4.69) is 20.8 Å². The zero-order valence-electron chi connectivity index (χ0n) is 17.6. The molecule has 2 aromatic carbocycles. The van der Waals surface area contributed by atoms with E-state index < -0.39 is 18.2 Å². The van der Waals surface area contributed by atoms with Crippen LogP contribution in [0.2, 0.25) is 0 Å². The molecule has 0 saturated carbocycles. The first-order chi connectivity index (χ1) is 13.6. The monoisotopic (exact) mass is 400 g/mol. The van der Waals surface area contributed by atoms with Gasteiger partial charge in [0, 0.05) is 18.5 Å². The van der Waals surface area contributed by atoms with Gasteiger partial charge in [0.1, 0.15) is 5.75 Å². The summed E-state index contributed by atoms with van der Waals surface area (Å²) in [7, 11) is 1.56. The van der Waals surface area contributed by atoms with Gasteiger partial charge in [0.2, 0.25) is 0 Å². The highest BCUT2D eigenvalue weighted by atomic mass is 16.5. The molecule has 1 unspecified atom stereocenters. The van der Waals surface area contributed by atoms with Crippen molar-refractivity contribution in [2.45, 2.75) is 45.4 Å². The van der Waals surface area contributed by atoms with Crippen molar-refractivity contribution in [3.05, 3.63) is 65.7 Å². The Morgan fingerprint density at radius 1 is 1.14 bits per heavy atom. The molecule has 2 aromatic rings. The molecule has 0 bridgehead atoms. The molecule has 0 fully saturated rings. The summed E-state index contributed by atoms with van der Waals surface area (Å²) >= 11 is 0. The second-order valence-corrected chi connectivity index (χ2v) is 8.41. The van der Waals surface area contributed by atoms with Crippen molar-refractivity contribution in [2.75, 3.05) is 13.7 Å². The minimum absolute atomic E-state index is 0.0763. The quantitative estimate of drug-likeness (QED) is 0.628. The lowest BCUT2D eigenvalue weighted by atomic mass is 9.71. The number of nitrogens with two attached hydrogens (primary N) is 1. The van der Waals surface area contributed by atoms with Crippen LogP contribution in [-0.4, -0.2) is 47.0 Å². The Labute approximate surface area is 172 Å². The summed E-state index contributed by atoms with van der Waals surface area (Å²) in [5.74, 6) is 0.521. The number of aliphatic hydroxyl groups is 1. The summed E-state index contributed by atoms with van der Waals surface area (Å²) in [6.45, 7) is 6.28. The first-order valence-corrected chi connectivity index (χ1v) is 9.73. The van der Waals surface area contributed by atoms with Gasteiger partial charge < -0.3 is 25.6 Å². The highest BCUT2D eigenvalue weighted by molar-refractivity contribution is 5.65. The predicted octanol–water partition coefficient (Wildman–Crippen LogP) is 3.69. The maximum absolute atomic E-state index is 11.8. The van der Waals surface area contributed by atoms with Crippen LogP contribution < -0.4 is 10.5 Å². The summed E-state index contributed by atoms with van der Waals surface area (Å²) in [5, 5.41) is 20.5. The molecule has 0 radical (unpaired) electrons. The standard InChI is InChI=1S/C23H32N2O4/c1-23(2,3)20(17-10-6-5-7-11-17)21(24)19(26)15-25(22(27)28)14-16-9-8-12-18(13-16)29-4/h5-13,19-21,26H,14-15,24H2,1-4H3,(H,27,28)/t19-,20?,21-/m1/s1. The minimum Gasteiger partial charge on any atom is -0.497 e. The number of benzene rings is 2. The van der Waals surface area contributed by atoms with Crippen LogP contribution in [0.15, 0.2) is 54.6 Å². The zero-order chi connectivity index (χ0) is 21.6. The Bertz CT molecular complexity index is 789. The van der Waals surface area contributed by atoms with Gasteiger partial charge in [-0.15, -0.1) is 0 Å². The molecule has 0 aliphatic heterocycles. The van der Waals surface area contributed by atoms with Gasteiger partial charge in [-0.25, -0.2) is 4.79 Å². The fourth-order valence-corrected chi connectivity index (χ4v) is 3.73. The van der Waals surface area contributed by atoms with E-state index >= 15 is 0 Å². The number of carboxylic acid groups (broad SMARTS) is 1. The number of amides is 1. The normalized spacial score (nSPS) is 14.7. The molecule has 0 spiro atoms. The number of rotatable bonds is 8. The average Bonchev–Trinajstić information content (AvgIpc) is 2.67. The molecule has 0 aromatic heterocycles. The molecular weight excluding hydrogens is 368 g/mol. The predicted molar refractivity (Wildman–Crippen MR) is 114 cm³/mol. The van der Waals surface area contributed by atoms with Crippen molar-refractivity contribution >= 4 is 6.09 Å². The third-order valence-corrected chi connectivity index (χ3v) is 5.11. The smallest absolute Gasteiger partial charge is 0.407 e. The third-order valence-electron chi connectivity index (χ3n) is 5.11. The lowest BCUT2D eigenvalue weighted by Gasteiger charge is -2.39. The molecule has 3 atom stereocenters. The molecular formula is C23H32N2O4. The van der Waals surface area contributed by atoms with E-state index in [1.54, 1.807) is 25.3 Å². The van der Waals surface area contributed by atoms with Gasteiger partial charge in [-0.05, 0) is 28.7 Å². The summed E-state index contributed by atoms with van der Waals surface area (Å²) in [4.78, 5) is 13.0. The third kappa shape index (κ3) is 6.21. The number of aliphatic hydroxyl groups excluding tert-OH is 1. The number of methoxy groups -OCH3 is 1. The number of ether oxygens (including phenoxy) is 1. The van der Waals surface area contributed by atoms with Gasteiger partial charge in [0.15, 0.2) is 0 Å². The highest BCUT2D eigenvalue weighted by Crippen LogP contribution is 2.38. The topological polar surface area (TPSA) is 96.0 Å². The first-order valence-electron chi connectivity index (χ1n) is 9.73. The molecule has 4 N–H and O–H groups in total. The lowest BCUT2D eigenvalue weighted by Crippen LogP contribution is -2.50. The van der Waals surface area contributed by atoms with Crippen molar-refractivity contribution in [1.82, 2.24) is 4.90 Å². The van der Waals surface area contributed by atoms with Gasteiger partial charge >= 0.3 is 6.09 Å². The van der Waals surface area contributed by atoms with E-state index in [4.69, 9.17) is 10.5 Å². The molecule has 6 nitrogen and oxygen atoms in total. The van der Waals surface area contributed by atoms with E-state index in [1.807, 2.05) is 36.4 Å². The van der Waals surface area contributed by atoms with E-state index in [0.29, 0.717) is 5.75 Å². The fourth-order valence-electron chi connectivity index (χ4n) is 3.73. The van der Waals surface area contributed by atoms with E-state index in [0.717, 1.165) is 11.1 Å². The molecule has 0 heterocycles. The Balaban J connectivity index is 2.18. The fraction of sp³-hybridized carbons (Fsp3) is 0.435. The number of hydrogen-bond acceptors (Lipinski definition) is 4. The molecule has 158 valence electrons. The molecule has 0 aliphatic carbocycles. The maximum Gasteiger partial charge on any atom is 0.407 e. The van der Waals surface area contributed by atoms with E-state index in [-0.39, 0.29) is 24.4 Å². The summed E-state index contributed by atoms with van der Waals surface area (Å²) in [6, 6.07) is 16.4. The zero-order valence-corrected chi connectivity index (χ0v) is 17.6. The van der Waals surface area contributed by atoms with Crippen molar-refractivity contribution in [3.8, 4) is 5.75 Å². The van der Waals surface area contributed by atoms with E-state index in [9.17, 15) is 15.0 Å². The average molecular weight is 401 g/mol.